The molecule has 2 heterocycles. The number of pyridine rings is 1. The van der Waals surface area contributed by atoms with Gasteiger partial charge in [-0.3, -0.25) is 14.6 Å². The van der Waals surface area contributed by atoms with Crippen LogP contribution in [0.1, 0.15) is 37.0 Å². The van der Waals surface area contributed by atoms with Crippen molar-refractivity contribution in [3.63, 3.8) is 0 Å². The lowest BCUT2D eigenvalue weighted by molar-refractivity contribution is -0.133. The molecular formula is C21H25N5O4. The highest BCUT2D eigenvalue weighted by Gasteiger charge is 2.28. The van der Waals surface area contributed by atoms with Gasteiger partial charge in [0.15, 0.2) is 6.04 Å². The van der Waals surface area contributed by atoms with Crippen LogP contribution >= 0.6 is 0 Å². The van der Waals surface area contributed by atoms with E-state index in [-0.39, 0.29) is 17.8 Å². The number of benzene rings is 1. The normalized spacial score (nSPS) is 17.4. The van der Waals surface area contributed by atoms with Gasteiger partial charge in [0, 0.05) is 18.1 Å². The van der Waals surface area contributed by atoms with E-state index in [4.69, 9.17) is 26.2 Å². The van der Waals surface area contributed by atoms with Gasteiger partial charge < -0.3 is 25.8 Å². The van der Waals surface area contributed by atoms with Crippen LogP contribution in [0, 0.1) is 11.3 Å². The molecule has 1 aromatic heterocycles. The Bertz CT molecular complexity index is 1000. The van der Waals surface area contributed by atoms with Crippen LogP contribution in [-0.4, -0.2) is 53.0 Å². The Balaban J connectivity index is 1.89. The zero-order chi connectivity index (χ0) is 21.8. The highest BCUT2D eigenvalue weighted by Crippen LogP contribution is 2.32. The van der Waals surface area contributed by atoms with Gasteiger partial charge in [0.05, 0.1) is 29.8 Å². The van der Waals surface area contributed by atoms with Crippen molar-refractivity contribution < 1.29 is 19.1 Å². The number of fused-ring (bicyclic) bond motifs is 1. The van der Waals surface area contributed by atoms with Crippen LogP contribution in [0.4, 0.5) is 0 Å². The number of rotatable bonds is 6. The lowest BCUT2D eigenvalue weighted by atomic mass is 10.1. The summed E-state index contributed by atoms with van der Waals surface area (Å²) in [5.74, 6) is -0.0724. The second-order valence-electron chi connectivity index (χ2n) is 7.48. The molecule has 9 heteroatoms. The first-order chi connectivity index (χ1) is 14.3. The van der Waals surface area contributed by atoms with Crippen molar-refractivity contribution >= 4 is 22.7 Å². The average molecular weight is 411 g/mol. The van der Waals surface area contributed by atoms with E-state index in [1.54, 1.807) is 35.4 Å². The minimum absolute atomic E-state index is 0.149. The van der Waals surface area contributed by atoms with Crippen LogP contribution in [0.25, 0.3) is 10.9 Å². The number of hydrogen-bond acceptors (Lipinski definition) is 7. The topological polar surface area (TPSA) is 145 Å². The van der Waals surface area contributed by atoms with Crippen molar-refractivity contribution in [1.29, 1.82) is 5.26 Å². The van der Waals surface area contributed by atoms with Crippen molar-refractivity contribution in [3.8, 4) is 17.6 Å². The molecule has 30 heavy (non-hydrogen) atoms. The molecule has 1 saturated heterocycles. The SMILES string of the molecule is CC(C)Oc1cc2c(O[C@@H]3CCCN(C(=O)[C@@H](N)C#N)C3)ccnc2cc1C(N)=O. The Morgan fingerprint density at radius 3 is 2.77 bits per heavy atom. The Kier molecular flexibility index (Phi) is 6.37. The zero-order valence-corrected chi connectivity index (χ0v) is 17.0. The molecule has 2 aromatic rings. The third kappa shape index (κ3) is 4.60. The monoisotopic (exact) mass is 411 g/mol. The van der Waals surface area contributed by atoms with E-state index in [0.717, 1.165) is 12.8 Å². The molecule has 158 valence electrons. The lowest BCUT2D eigenvalue weighted by Crippen LogP contribution is -2.50. The Labute approximate surface area is 174 Å². The number of carbonyl (C=O) groups is 2. The number of hydrogen-bond donors (Lipinski definition) is 2. The molecule has 0 radical (unpaired) electrons. The fourth-order valence-electron chi connectivity index (χ4n) is 3.46. The summed E-state index contributed by atoms with van der Waals surface area (Å²) in [6.45, 7) is 4.59. The molecule has 0 bridgehead atoms. The van der Waals surface area contributed by atoms with Crippen LogP contribution in [0.5, 0.6) is 11.5 Å². The Morgan fingerprint density at radius 2 is 2.10 bits per heavy atom. The Morgan fingerprint density at radius 1 is 1.33 bits per heavy atom. The molecule has 1 fully saturated rings. The lowest BCUT2D eigenvalue weighted by Gasteiger charge is -2.33. The van der Waals surface area contributed by atoms with Crippen LogP contribution < -0.4 is 20.9 Å². The molecule has 0 saturated carbocycles. The Hall–Kier alpha value is -3.38. The molecule has 0 unspecified atom stereocenters. The highest BCUT2D eigenvalue weighted by molar-refractivity contribution is 6.01. The summed E-state index contributed by atoms with van der Waals surface area (Å²) in [4.78, 5) is 30.0. The van der Waals surface area contributed by atoms with Crippen molar-refractivity contribution in [1.82, 2.24) is 9.88 Å². The van der Waals surface area contributed by atoms with E-state index in [0.29, 0.717) is 35.5 Å². The summed E-state index contributed by atoms with van der Waals surface area (Å²) in [7, 11) is 0. The smallest absolute Gasteiger partial charge is 0.254 e. The predicted octanol–water partition coefficient (Wildman–Crippen LogP) is 1.34. The molecule has 3 rings (SSSR count). The molecule has 2 atom stereocenters. The molecule has 2 amide bonds. The second kappa shape index (κ2) is 8.97. The number of carbonyl (C=O) groups excluding carboxylic acids is 2. The fourth-order valence-corrected chi connectivity index (χ4v) is 3.46. The number of primary amides is 1. The van der Waals surface area contributed by atoms with Crippen LogP contribution in [0.15, 0.2) is 24.4 Å². The number of nitrogens with zero attached hydrogens (tertiary/aromatic N) is 3. The van der Waals surface area contributed by atoms with Gasteiger partial charge in [-0.05, 0) is 44.9 Å². The van der Waals surface area contributed by atoms with E-state index >= 15 is 0 Å². The standard InChI is InChI=1S/C21H25N5O4/c1-12(2)29-19-9-14-17(8-15(19)20(24)27)25-6-5-18(14)30-13-4-3-7-26(11-13)21(28)16(23)10-22/h5-6,8-9,12-13,16H,3-4,7,11,23H2,1-2H3,(H2,24,27)/t13-,16+/m1/s1. The first kappa shape index (κ1) is 21.3. The summed E-state index contributed by atoms with van der Waals surface area (Å²) in [5, 5.41) is 9.58. The van der Waals surface area contributed by atoms with E-state index in [2.05, 4.69) is 4.98 Å². The van der Waals surface area contributed by atoms with E-state index in [9.17, 15) is 9.59 Å². The number of ether oxygens (including phenoxy) is 2. The maximum absolute atomic E-state index is 12.2. The van der Waals surface area contributed by atoms with Crippen LogP contribution in [-0.2, 0) is 4.79 Å². The van der Waals surface area contributed by atoms with Gasteiger partial charge in [-0.25, -0.2) is 0 Å². The summed E-state index contributed by atoms with van der Waals surface area (Å²) in [6.07, 6.45) is 2.67. The first-order valence-corrected chi connectivity index (χ1v) is 9.80. The van der Waals surface area contributed by atoms with Crippen molar-refractivity contribution in [2.45, 2.75) is 44.9 Å². The number of amides is 2. The van der Waals surface area contributed by atoms with Crippen molar-refractivity contribution in [3.05, 3.63) is 30.0 Å². The van der Waals surface area contributed by atoms with Gasteiger partial charge in [-0.1, -0.05) is 0 Å². The molecule has 1 aliphatic rings. The predicted molar refractivity (Wildman–Crippen MR) is 110 cm³/mol. The minimum atomic E-state index is -1.17. The number of likely N-dealkylation sites (tertiary alicyclic amines) is 1. The number of nitrogens with two attached hydrogens (primary N) is 2. The van der Waals surface area contributed by atoms with Gasteiger partial charge in [0.25, 0.3) is 11.8 Å². The molecular weight excluding hydrogens is 386 g/mol. The molecule has 9 nitrogen and oxygen atoms in total. The first-order valence-electron chi connectivity index (χ1n) is 9.80. The molecule has 0 aliphatic carbocycles. The van der Waals surface area contributed by atoms with Gasteiger partial charge in [-0.15, -0.1) is 0 Å². The fraction of sp³-hybridized carbons (Fsp3) is 0.429. The van der Waals surface area contributed by atoms with Crippen LogP contribution in [0.3, 0.4) is 0 Å². The minimum Gasteiger partial charge on any atom is -0.490 e. The summed E-state index contributed by atoms with van der Waals surface area (Å²) < 4.78 is 12.0. The van der Waals surface area contributed by atoms with Crippen molar-refractivity contribution in [2.75, 3.05) is 13.1 Å². The summed E-state index contributed by atoms with van der Waals surface area (Å²) >= 11 is 0. The maximum Gasteiger partial charge on any atom is 0.254 e. The van der Waals surface area contributed by atoms with E-state index in [1.165, 1.54) is 0 Å². The average Bonchev–Trinajstić information content (AvgIpc) is 2.72. The second-order valence-corrected chi connectivity index (χ2v) is 7.48. The molecule has 1 aliphatic heterocycles. The molecule has 1 aromatic carbocycles. The number of aromatic nitrogens is 1. The largest absolute Gasteiger partial charge is 0.490 e. The summed E-state index contributed by atoms with van der Waals surface area (Å²) in [5.41, 5.74) is 11.9. The zero-order valence-electron chi connectivity index (χ0n) is 17.0. The highest BCUT2D eigenvalue weighted by atomic mass is 16.5. The van der Waals surface area contributed by atoms with Crippen LogP contribution in [0.2, 0.25) is 0 Å². The van der Waals surface area contributed by atoms with Gasteiger partial charge in [0.2, 0.25) is 0 Å². The third-order valence-corrected chi connectivity index (χ3v) is 4.82. The number of piperidine rings is 1. The number of nitriles is 1. The van der Waals surface area contributed by atoms with Gasteiger partial charge in [-0.2, -0.15) is 5.26 Å². The molecule has 4 N–H and O–H groups in total. The molecule has 0 spiro atoms. The maximum atomic E-state index is 12.2. The van der Waals surface area contributed by atoms with E-state index < -0.39 is 17.9 Å². The van der Waals surface area contributed by atoms with Crippen molar-refractivity contribution in [2.24, 2.45) is 11.5 Å². The quantitative estimate of drug-likeness (QED) is 0.729. The van der Waals surface area contributed by atoms with Gasteiger partial charge in [0.1, 0.15) is 17.6 Å². The van der Waals surface area contributed by atoms with Gasteiger partial charge >= 0.3 is 0 Å². The summed E-state index contributed by atoms with van der Waals surface area (Å²) in [6, 6.07) is 5.62. The third-order valence-electron chi connectivity index (χ3n) is 4.82. The van der Waals surface area contributed by atoms with E-state index in [1.807, 2.05) is 13.8 Å².